The van der Waals surface area contributed by atoms with Gasteiger partial charge in [0, 0.05) is 18.5 Å². The van der Waals surface area contributed by atoms with E-state index in [0.29, 0.717) is 11.4 Å². The molecular formula is C14H14F2N2O. The van der Waals surface area contributed by atoms with Crippen molar-refractivity contribution < 1.29 is 13.9 Å². The maximum absolute atomic E-state index is 13.8. The Balaban J connectivity index is 2.19. The van der Waals surface area contributed by atoms with Crippen molar-refractivity contribution in [2.45, 2.75) is 32.4 Å². The van der Waals surface area contributed by atoms with Crippen LogP contribution in [-0.4, -0.2) is 14.7 Å². The van der Waals surface area contributed by atoms with Crippen molar-refractivity contribution in [1.82, 2.24) is 9.55 Å². The van der Waals surface area contributed by atoms with Crippen LogP contribution in [0.25, 0.3) is 11.3 Å². The van der Waals surface area contributed by atoms with Crippen LogP contribution in [-0.2, 0) is 19.6 Å². The van der Waals surface area contributed by atoms with E-state index in [0.717, 1.165) is 49.8 Å². The molecule has 0 radical (unpaired) electrons. The summed E-state index contributed by atoms with van der Waals surface area (Å²) in [5.41, 5.74) is 1.04. The van der Waals surface area contributed by atoms with Gasteiger partial charge in [-0.3, -0.25) is 0 Å². The highest BCUT2D eigenvalue weighted by Gasteiger charge is 2.22. The monoisotopic (exact) mass is 264 g/mol. The highest BCUT2D eigenvalue weighted by molar-refractivity contribution is 5.63. The van der Waals surface area contributed by atoms with Gasteiger partial charge in [0.15, 0.2) is 0 Å². The van der Waals surface area contributed by atoms with Gasteiger partial charge >= 0.3 is 0 Å². The van der Waals surface area contributed by atoms with Gasteiger partial charge in [-0.2, -0.15) is 0 Å². The predicted octanol–water partition coefficient (Wildman–Crippen LogP) is 2.66. The number of aryl methyl sites for hydroxylation is 1. The van der Waals surface area contributed by atoms with E-state index in [1.165, 1.54) is 0 Å². The third-order valence-corrected chi connectivity index (χ3v) is 3.52. The largest absolute Gasteiger partial charge is 0.390 e. The summed E-state index contributed by atoms with van der Waals surface area (Å²) >= 11 is 0. The molecule has 0 saturated carbocycles. The summed E-state index contributed by atoms with van der Waals surface area (Å²) in [5.74, 6) is -0.188. The van der Waals surface area contributed by atoms with Gasteiger partial charge in [-0.15, -0.1) is 0 Å². The summed E-state index contributed by atoms with van der Waals surface area (Å²) in [5, 5.41) is 9.51. The van der Waals surface area contributed by atoms with Gasteiger partial charge in [-0.05, 0) is 31.0 Å². The number of halogens is 2. The minimum absolute atomic E-state index is 0.117. The van der Waals surface area contributed by atoms with E-state index in [2.05, 4.69) is 4.98 Å². The zero-order valence-electron chi connectivity index (χ0n) is 10.4. The number of aliphatic hydroxyl groups is 1. The molecule has 0 spiro atoms. The zero-order valence-corrected chi connectivity index (χ0v) is 10.4. The summed E-state index contributed by atoms with van der Waals surface area (Å²) in [4.78, 5) is 4.39. The standard InChI is InChI=1S/C14H14F2N2O/c15-9-4-5-11(16)10(7-9)14-12(8-19)18-6-2-1-3-13(18)17-14/h4-5,7,19H,1-3,6,8H2. The molecular weight excluding hydrogens is 250 g/mol. The molecule has 0 aliphatic carbocycles. The molecule has 5 heteroatoms. The lowest BCUT2D eigenvalue weighted by atomic mass is 10.1. The molecule has 2 aromatic rings. The first-order valence-electron chi connectivity index (χ1n) is 6.35. The molecule has 2 heterocycles. The Morgan fingerprint density at radius 2 is 2.11 bits per heavy atom. The fraction of sp³-hybridized carbons (Fsp3) is 0.357. The van der Waals surface area contributed by atoms with Crippen LogP contribution in [0.2, 0.25) is 0 Å². The molecule has 100 valence electrons. The van der Waals surface area contributed by atoms with Gasteiger partial charge in [0.05, 0.1) is 18.0 Å². The maximum atomic E-state index is 13.8. The number of nitrogens with zero attached hydrogens (tertiary/aromatic N) is 2. The molecule has 0 saturated heterocycles. The van der Waals surface area contributed by atoms with Crippen molar-refractivity contribution in [2.24, 2.45) is 0 Å². The van der Waals surface area contributed by atoms with Crippen LogP contribution in [0.15, 0.2) is 18.2 Å². The lowest BCUT2D eigenvalue weighted by Gasteiger charge is -2.15. The van der Waals surface area contributed by atoms with E-state index < -0.39 is 11.6 Å². The molecule has 0 amide bonds. The second-order valence-corrected chi connectivity index (χ2v) is 4.71. The minimum Gasteiger partial charge on any atom is -0.390 e. The fourth-order valence-corrected chi connectivity index (χ4v) is 2.60. The minimum atomic E-state index is -0.522. The zero-order chi connectivity index (χ0) is 13.4. The average Bonchev–Trinajstić information content (AvgIpc) is 2.79. The van der Waals surface area contributed by atoms with E-state index in [9.17, 15) is 13.9 Å². The van der Waals surface area contributed by atoms with Crippen LogP contribution >= 0.6 is 0 Å². The van der Waals surface area contributed by atoms with Gasteiger partial charge in [0.1, 0.15) is 17.5 Å². The Bertz CT molecular complexity index is 622. The highest BCUT2D eigenvalue weighted by Crippen LogP contribution is 2.30. The Kier molecular flexibility index (Phi) is 3.06. The normalized spacial score (nSPS) is 14.5. The topological polar surface area (TPSA) is 38.1 Å². The number of imidazole rings is 1. The Labute approximate surface area is 109 Å². The quantitative estimate of drug-likeness (QED) is 0.905. The number of aromatic nitrogens is 2. The number of benzene rings is 1. The molecule has 1 aromatic heterocycles. The van der Waals surface area contributed by atoms with Crippen molar-refractivity contribution in [2.75, 3.05) is 0 Å². The van der Waals surface area contributed by atoms with Crippen molar-refractivity contribution in [3.63, 3.8) is 0 Å². The number of aliphatic hydroxyl groups excluding tert-OH is 1. The first kappa shape index (κ1) is 12.3. The summed E-state index contributed by atoms with van der Waals surface area (Å²) in [6.07, 6.45) is 2.86. The smallest absolute Gasteiger partial charge is 0.132 e. The van der Waals surface area contributed by atoms with Gasteiger partial charge in [-0.1, -0.05) is 0 Å². The van der Waals surface area contributed by atoms with E-state index >= 15 is 0 Å². The van der Waals surface area contributed by atoms with Crippen molar-refractivity contribution >= 4 is 0 Å². The SMILES string of the molecule is OCc1c(-c2cc(F)ccc2F)nc2n1CCCC2. The van der Waals surface area contributed by atoms with Crippen LogP contribution in [0.1, 0.15) is 24.4 Å². The number of rotatable bonds is 2. The third-order valence-electron chi connectivity index (χ3n) is 3.52. The molecule has 0 fully saturated rings. The Morgan fingerprint density at radius 1 is 1.26 bits per heavy atom. The van der Waals surface area contributed by atoms with Crippen molar-refractivity contribution in [3.05, 3.63) is 41.4 Å². The van der Waals surface area contributed by atoms with Crippen LogP contribution in [0.5, 0.6) is 0 Å². The summed E-state index contributed by atoms with van der Waals surface area (Å²) in [6.45, 7) is 0.549. The number of hydrogen-bond donors (Lipinski definition) is 1. The molecule has 0 unspecified atom stereocenters. The summed E-state index contributed by atoms with van der Waals surface area (Å²) in [7, 11) is 0. The van der Waals surface area contributed by atoms with Gasteiger partial charge in [0.2, 0.25) is 0 Å². The molecule has 1 aliphatic rings. The third kappa shape index (κ3) is 2.04. The second-order valence-electron chi connectivity index (χ2n) is 4.71. The highest BCUT2D eigenvalue weighted by atomic mass is 19.1. The van der Waals surface area contributed by atoms with Crippen LogP contribution in [0, 0.1) is 11.6 Å². The van der Waals surface area contributed by atoms with Crippen LogP contribution in [0.3, 0.4) is 0 Å². The van der Waals surface area contributed by atoms with Crippen LogP contribution < -0.4 is 0 Å². The van der Waals surface area contributed by atoms with Gasteiger partial charge in [0.25, 0.3) is 0 Å². The Morgan fingerprint density at radius 3 is 2.89 bits per heavy atom. The van der Waals surface area contributed by atoms with Crippen molar-refractivity contribution in [1.29, 1.82) is 0 Å². The predicted molar refractivity (Wildman–Crippen MR) is 66.4 cm³/mol. The summed E-state index contributed by atoms with van der Waals surface area (Å²) in [6, 6.07) is 3.29. The fourth-order valence-electron chi connectivity index (χ4n) is 2.60. The van der Waals surface area contributed by atoms with E-state index in [4.69, 9.17) is 0 Å². The van der Waals surface area contributed by atoms with E-state index in [-0.39, 0.29) is 12.2 Å². The molecule has 0 atom stereocenters. The number of hydrogen-bond acceptors (Lipinski definition) is 2. The molecule has 1 aliphatic heterocycles. The van der Waals surface area contributed by atoms with Crippen molar-refractivity contribution in [3.8, 4) is 11.3 Å². The summed E-state index contributed by atoms with van der Waals surface area (Å²) < 4.78 is 29.0. The van der Waals surface area contributed by atoms with Gasteiger partial charge < -0.3 is 9.67 Å². The second kappa shape index (κ2) is 4.74. The molecule has 3 nitrogen and oxygen atoms in total. The average molecular weight is 264 g/mol. The maximum Gasteiger partial charge on any atom is 0.132 e. The molecule has 1 N–H and O–H groups in total. The first-order valence-corrected chi connectivity index (χ1v) is 6.35. The van der Waals surface area contributed by atoms with Gasteiger partial charge in [-0.25, -0.2) is 13.8 Å². The Hall–Kier alpha value is -1.75. The van der Waals surface area contributed by atoms with E-state index in [1.54, 1.807) is 0 Å². The molecule has 19 heavy (non-hydrogen) atoms. The number of fused-ring (bicyclic) bond motifs is 1. The van der Waals surface area contributed by atoms with E-state index in [1.807, 2.05) is 4.57 Å². The van der Waals surface area contributed by atoms with Crippen LogP contribution in [0.4, 0.5) is 8.78 Å². The molecule has 0 bridgehead atoms. The molecule has 3 rings (SSSR count). The molecule has 1 aromatic carbocycles. The lowest BCUT2D eigenvalue weighted by Crippen LogP contribution is -2.13. The first-order chi connectivity index (χ1) is 9.20. The lowest BCUT2D eigenvalue weighted by molar-refractivity contribution is 0.268.